The maximum atomic E-state index is 13.0. The van der Waals surface area contributed by atoms with Crippen LogP contribution in [0.15, 0.2) is 46.7 Å². The van der Waals surface area contributed by atoms with Gasteiger partial charge in [-0.15, -0.1) is 0 Å². The molecule has 12 heteroatoms. The average Bonchev–Trinajstić information content (AvgIpc) is 3.39. The maximum absolute atomic E-state index is 13.0. The summed E-state index contributed by atoms with van der Waals surface area (Å²) in [6.45, 7) is 0.966. The Morgan fingerprint density at radius 3 is 2.62 bits per heavy atom. The van der Waals surface area contributed by atoms with Crippen LogP contribution < -0.4 is 5.32 Å². The molecule has 1 saturated heterocycles. The lowest BCUT2D eigenvalue weighted by atomic mass is 10.1. The number of anilines is 1. The van der Waals surface area contributed by atoms with Crippen LogP contribution in [0, 0.1) is 0 Å². The van der Waals surface area contributed by atoms with E-state index >= 15 is 0 Å². The highest BCUT2D eigenvalue weighted by Crippen LogP contribution is 2.33. The number of carbonyl (C=O) groups is 1. The third-order valence-corrected chi connectivity index (χ3v) is 8.23. The van der Waals surface area contributed by atoms with E-state index in [-0.39, 0.29) is 22.0 Å². The summed E-state index contributed by atoms with van der Waals surface area (Å²) in [6, 6.07) is 6.11. The summed E-state index contributed by atoms with van der Waals surface area (Å²) in [7, 11) is -3.33. The van der Waals surface area contributed by atoms with Crippen molar-refractivity contribution in [3.05, 3.63) is 42.2 Å². The minimum Gasteiger partial charge on any atom is -0.389 e. The van der Waals surface area contributed by atoms with E-state index in [1.54, 1.807) is 18.3 Å². The fourth-order valence-electron chi connectivity index (χ4n) is 3.21. The van der Waals surface area contributed by atoms with Crippen molar-refractivity contribution in [3.63, 3.8) is 0 Å². The Balaban J connectivity index is 1.41. The van der Waals surface area contributed by atoms with Gasteiger partial charge in [0.2, 0.25) is 0 Å². The molecule has 32 heavy (non-hydrogen) atoms. The van der Waals surface area contributed by atoms with Gasteiger partial charge in [0.1, 0.15) is 0 Å². The van der Waals surface area contributed by atoms with Gasteiger partial charge in [-0.2, -0.15) is 4.98 Å². The minimum atomic E-state index is -3.33. The van der Waals surface area contributed by atoms with Crippen LogP contribution in [-0.2, 0) is 24.2 Å². The maximum Gasteiger partial charge on any atom is 0.280 e. The third kappa shape index (κ3) is 4.33. The minimum absolute atomic E-state index is 0.00689. The number of nitrogens with zero attached hydrogens (tertiary/aromatic N) is 4. The molecule has 0 unspecified atom stereocenters. The summed E-state index contributed by atoms with van der Waals surface area (Å²) in [5, 5.41) is 6.80. The number of thiazole rings is 1. The molecule has 0 radical (unpaired) electrons. The first-order chi connectivity index (χ1) is 15.5. The Hall–Kier alpha value is -2.96. The smallest absolute Gasteiger partial charge is 0.280 e. The SMILES string of the molecule is O=C(Nc1nc2nccnc2s1)/C(=N/O[C@@H]1CCOC1)c1ccc(S(=O)(=O)C2CC2)cc1. The van der Waals surface area contributed by atoms with Gasteiger partial charge in [-0.25, -0.2) is 18.4 Å². The average molecular weight is 474 g/mol. The van der Waals surface area contributed by atoms with Gasteiger partial charge in [-0.05, 0) is 25.0 Å². The van der Waals surface area contributed by atoms with Crippen molar-refractivity contribution >= 4 is 48.4 Å². The molecule has 0 spiro atoms. The molecule has 1 amide bonds. The molecule has 3 heterocycles. The van der Waals surface area contributed by atoms with Crippen LogP contribution >= 0.6 is 11.3 Å². The van der Waals surface area contributed by atoms with Crippen LogP contribution in [-0.4, -0.2) is 59.6 Å². The first kappa shape index (κ1) is 20.9. The van der Waals surface area contributed by atoms with E-state index in [0.29, 0.717) is 53.6 Å². The zero-order chi connectivity index (χ0) is 22.1. The van der Waals surface area contributed by atoms with Gasteiger partial charge in [0.15, 0.2) is 37.3 Å². The molecule has 1 saturated carbocycles. The summed E-state index contributed by atoms with van der Waals surface area (Å²) in [5.41, 5.74) is 0.862. The number of oxime groups is 1. The second kappa shape index (κ2) is 8.52. The number of ether oxygens (including phenoxy) is 1. The van der Waals surface area contributed by atoms with Crippen molar-refractivity contribution in [1.29, 1.82) is 0 Å². The number of hydrogen-bond acceptors (Lipinski definition) is 10. The van der Waals surface area contributed by atoms with Crippen molar-refractivity contribution in [2.75, 3.05) is 18.5 Å². The number of hydrogen-bond donors (Lipinski definition) is 1. The molecule has 1 N–H and O–H groups in total. The summed E-state index contributed by atoms with van der Waals surface area (Å²) in [5.74, 6) is -0.541. The molecule has 1 atom stereocenters. The van der Waals surface area contributed by atoms with Crippen molar-refractivity contribution in [1.82, 2.24) is 15.0 Å². The molecule has 166 valence electrons. The number of amides is 1. The fourth-order valence-corrected chi connectivity index (χ4v) is 5.63. The predicted octanol–water partition coefficient (Wildman–Crippen LogP) is 2.17. The fraction of sp³-hybridized carbons (Fsp3) is 0.350. The van der Waals surface area contributed by atoms with Gasteiger partial charge in [-0.1, -0.05) is 28.6 Å². The second-order valence-electron chi connectivity index (χ2n) is 7.46. The zero-order valence-corrected chi connectivity index (χ0v) is 18.4. The first-order valence-electron chi connectivity index (χ1n) is 10.1. The van der Waals surface area contributed by atoms with Crippen molar-refractivity contribution in [2.45, 2.75) is 35.5 Å². The first-order valence-corrected chi connectivity index (χ1v) is 12.4. The molecule has 2 fully saturated rings. The van der Waals surface area contributed by atoms with Crippen LogP contribution in [0.25, 0.3) is 10.5 Å². The Morgan fingerprint density at radius 1 is 1.16 bits per heavy atom. The molecule has 5 rings (SSSR count). The van der Waals surface area contributed by atoms with Crippen molar-refractivity contribution < 1.29 is 22.8 Å². The molecule has 2 aliphatic rings. The number of aromatic nitrogens is 3. The Labute approximate surface area is 187 Å². The molecule has 10 nitrogen and oxygen atoms in total. The number of sulfone groups is 1. The van der Waals surface area contributed by atoms with Gasteiger partial charge in [0.05, 0.1) is 23.4 Å². The second-order valence-corrected chi connectivity index (χ2v) is 10.7. The predicted molar refractivity (Wildman–Crippen MR) is 117 cm³/mol. The highest BCUT2D eigenvalue weighted by Gasteiger charge is 2.36. The summed E-state index contributed by atoms with van der Waals surface area (Å²) in [4.78, 5) is 31.9. The van der Waals surface area contributed by atoms with Crippen molar-refractivity contribution in [2.24, 2.45) is 5.16 Å². The summed E-state index contributed by atoms with van der Waals surface area (Å²) < 4.78 is 30.2. The highest BCUT2D eigenvalue weighted by molar-refractivity contribution is 7.92. The lowest BCUT2D eigenvalue weighted by molar-refractivity contribution is -0.110. The molecule has 3 aromatic rings. The molecule has 1 aliphatic heterocycles. The van der Waals surface area contributed by atoms with Crippen LogP contribution in [0.4, 0.5) is 5.13 Å². The monoisotopic (exact) mass is 473 g/mol. The van der Waals surface area contributed by atoms with Gasteiger partial charge >= 0.3 is 0 Å². The van der Waals surface area contributed by atoms with E-state index in [4.69, 9.17) is 9.57 Å². The largest absolute Gasteiger partial charge is 0.389 e. The molecule has 2 aromatic heterocycles. The number of benzene rings is 1. The van der Waals surface area contributed by atoms with E-state index in [9.17, 15) is 13.2 Å². The van der Waals surface area contributed by atoms with Gasteiger partial charge in [-0.3, -0.25) is 10.1 Å². The number of fused-ring (bicyclic) bond motifs is 1. The molecule has 1 aromatic carbocycles. The molecular formula is C20H19N5O5S2. The van der Waals surface area contributed by atoms with Crippen LogP contribution in [0.2, 0.25) is 0 Å². The van der Waals surface area contributed by atoms with Gasteiger partial charge in [0, 0.05) is 24.4 Å². The van der Waals surface area contributed by atoms with Crippen LogP contribution in [0.1, 0.15) is 24.8 Å². The zero-order valence-electron chi connectivity index (χ0n) is 16.8. The Kier molecular flexibility index (Phi) is 5.57. The molecule has 1 aliphatic carbocycles. The normalized spacial score (nSPS) is 19.2. The van der Waals surface area contributed by atoms with Gasteiger partial charge in [0.25, 0.3) is 5.91 Å². The highest BCUT2D eigenvalue weighted by atomic mass is 32.2. The number of carbonyl (C=O) groups excluding carboxylic acids is 1. The standard InChI is InChI=1S/C20H19N5O5S2/c26-18(24-20-23-17-19(31-20)22-9-8-21-17)16(25-30-13-7-10-29-11-13)12-1-3-14(4-2-12)32(27,28)15-5-6-15/h1-4,8-9,13,15H,5-7,10-11H2,(H,21,23,24,26)/b25-16+/t13-/m1/s1. The third-order valence-electron chi connectivity index (χ3n) is 5.08. The lowest BCUT2D eigenvalue weighted by Crippen LogP contribution is -2.25. The van der Waals surface area contributed by atoms with Crippen molar-refractivity contribution in [3.8, 4) is 0 Å². The molecular weight excluding hydrogens is 454 g/mol. The topological polar surface area (TPSA) is 133 Å². The van der Waals surface area contributed by atoms with E-state index in [1.807, 2.05) is 0 Å². The summed E-state index contributed by atoms with van der Waals surface area (Å²) >= 11 is 1.19. The van der Waals surface area contributed by atoms with E-state index < -0.39 is 15.7 Å². The summed E-state index contributed by atoms with van der Waals surface area (Å²) in [6.07, 6.45) is 4.86. The quantitative estimate of drug-likeness (QED) is 0.408. The Morgan fingerprint density at radius 2 is 1.94 bits per heavy atom. The van der Waals surface area contributed by atoms with E-state index in [1.165, 1.54) is 29.7 Å². The van der Waals surface area contributed by atoms with E-state index in [2.05, 4.69) is 25.4 Å². The number of nitrogens with one attached hydrogen (secondary N) is 1. The lowest BCUT2D eigenvalue weighted by Gasteiger charge is -2.10. The van der Waals surface area contributed by atoms with E-state index in [0.717, 1.165) is 0 Å². The van der Waals surface area contributed by atoms with Gasteiger partial charge < -0.3 is 9.57 Å². The number of rotatable bonds is 7. The van der Waals surface area contributed by atoms with Crippen LogP contribution in [0.5, 0.6) is 0 Å². The van der Waals surface area contributed by atoms with Crippen LogP contribution in [0.3, 0.4) is 0 Å². The molecule has 0 bridgehead atoms. The Bertz CT molecular complexity index is 1250.